The van der Waals surface area contributed by atoms with Crippen LogP contribution in [0.5, 0.6) is 0 Å². The van der Waals surface area contributed by atoms with Crippen LogP contribution in [0.4, 0.5) is 0 Å². The molecule has 1 aromatic rings. The normalized spacial score (nSPS) is 26.3. The summed E-state index contributed by atoms with van der Waals surface area (Å²) in [7, 11) is 0. The summed E-state index contributed by atoms with van der Waals surface area (Å²) in [5.74, 6) is 0.952. The number of hydrogen-bond acceptors (Lipinski definition) is 3. The zero-order valence-corrected chi connectivity index (χ0v) is 13.3. The molecule has 2 atom stereocenters. The first-order valence-corrected chi connectivity index (χ1v) is 8.53. The van der Waals surface area contributed by atoms with Crippen LogP contribution in [-0.4, -0.2) is 48.4 Å². The molecule has 0 bridgehead atoms. The smallest absolute Gasteiger partial charge is 0.226 e. The van der Waals surface area contributed by atoms with Crippen molar-refractivity contribution in [3.05, 3.63) is 35.9 Å². The maximum absolute atomic E-state index is 12.7. The summed E-state index contributed by atoms with van der Waals surface area (Å²) in [5, 5.41) is 0. The third kappa shape index (κ3) is 3.50. The van der Waals surface area contributed by atoms with Crippen molar-refractivity contribution < 1.29 is 4.79 Å². The predicted octanol–water partition coefficient (Wildman–Crippen LogP) is 1.71. The third-order valence-electron chi connectivity index (χ3n) is 5.21. The van der Waals surface area contributed by atoms with Gasteiger partial charge in [0.05, 0.1) is 0 Å². The highest BCUT2D eigenvalue weighted by atomic mass is 16.2. The molecule has 1 aliphatic heterocycles. The van der Waals surface area contributed by atoms with E-state index in [1.165, 1.54) is 5.56 Å². The molecule has 2 aliphatic rings. The molecule has 0 spiro atoms. The second kappa shape index (κ2) is 7.25. The first kappa shape index (κ1) is 15.5. The summed E-state index contributed by atoms with van der Waals surface area (Å²) in [6, 6.07) is 10.6. The topological polar surface area (TPSA) is 49.6 Å². The van der Waals surface area contributed by atoms with Gasteiger partial charge < -0.3 is 10.6 Å². The molecule has 0 aromatic heterocycles. The van der Waals surface area contributed by atoms with E-state index >= 15 is 0 Å². The largest absolute Gasteiger partial charge is 0.340 e. The van der Waals surface area contributed by atoms with E-state index in [2.05, 4.69) is 40.1 Å². The van der Waals surface area contributed by atoms with E-state index in [4.69, 9.17) is 5.73 Å². The molecule has 4 nitrogen and oxygen atoms in total. The summed E-state index contributed by atoms with van der Waals surface area (Å²) < 4.78 is 0. The van der Waals surface area contributed by atoms with Crippen LogP contribution in [0.2, 0.25) is 0 Å². The number of carbonyl (C=O) groups is 1. The predicted molar refractivity (Wildman–Crippen MR) is 88.2 cm³/mol. The molecular formula is C18H27N3O. The zero-order chi connectivity index (χ0) is 15.4. The summed E-state index contributed by atoms with van der Waals surface area (Å²) in [6.45, 7) is 5.31. The van der Waals surface area contributed by atoms with E-state index in [0.717, 1.165) is 52.0 Å². The second-order valence-corrected chi connectivity index (χ2v) is 6.62. The van der Waals surface area contributed by atoms with Crippen LogP contribution in [0, 0.1) is 11.8 Å². The Hall–Kier alpha value is -1.39. The maximum atomic E-state index is 12.7. The van der Waals surface area contributed by atoms with E-state index < -0.39 is 0 Å². The van der Waals surface area contributed by atoms with E-state index in [9.17, 15) is 4.79 Å². The third-order valence-corrected chi connectivity index (χ3v) is 5.21. The number of rotatable bonds is 4. The van der Waals surface area contributed by atoms with Gasteiger partial charge in [-0.1, -0.05) is 36.8 Å². The van der Waals surface area contributed by atoms with Crippen LogP contribution < -0.4 is 5.73 Å². The Morgan fingerprint density at radius 1 is 1.09 bits per heavy atom. The molecule has 2 fully saturated rings. The van der Waals surface area contributed by atoms with Crippen molar-refractivity contribution in [1.82, 2.24) is 9.80 Å². The van der Waals surface area contributed by atoms with Gasteiger partial charge in [0.2, 0.25) is 5.91 Å². The lowest BCUT2D eigenvalue weighted by Crippen LogP contribution is -2.50. The molecule has 120 valence electrons. The van der Waals surface area contributed by atoms with Crippen LogP contribution in [0.3, 0.4) is 0 Å². The molecule has 1 heterocycles. The van der Waals surface area contributed by atoms with E-state index in [1.54, 1.807) is 0 Å². The number of benzene rings is 1. The molecule has 4 heteroatoms. The Balaban J connectivity index is 1.50. The Bertz CT molecular complexity index is 482. The standard InChI is InChI=1S/C18H27N3O/c19-13-16-7-4-8-17(16)18(22)21-11-9-20(10-12-21)14-15-5-2-1-3-6-15/h1-3,5-6,16-17H,4,7-14,19H2/t16-,17-/m1/s1. The van der Waals surface area contributed by atoms with Crippen LogP contribution in [0.15, 0.2) is 30.3 Å². The van der Waals surface area contributed by atoms with Gasteiger partial charge in [-0.05, 0) is 30.9 Å². The number of nitrogens with two attached hydrogens (primary N) is 1. The highest BCUT2D eigenvalue weighted by Gasteiger charge is 2.35. The highest BCUT2D eigenvalue weighted by molar-refractivity contribution is 5.79. The first-order chi connectivity index (χ1) is 10.8. The Morgan fingerprint density at radius 2 is 1.82 bits per heavy atom. The van der Waals surface area contributed by atoms with Gasteiger partial charge in [0.15, 0.2) is 0 Å². The fourth-order valence-corrected chi connectivity index (χ4v) is 3.85. The van der Waals surface area contributed by atoms with Crippen molar-refractivity contribution >= 4 is 5.91 Å². The highest BCUT2D eigenvalue weighted by Crippen LogP contribution is 2.32. The van der Waals surface area contributed by atoms with Gasteiger partial charge in [0.1, 0.15) is 0 Å². The van der Waals surface area contributed by atoms with Crippen molar-refractivity contribution in [2.45, 2.75) is 25.8 Å². The van der Waals surface area contributed by atoms with Gasteiger partial charge in [0.25, 0.3) is 0 Å². The number of nitrogens with zero attached hydrogens (tertiary/aromatic N) is 2. The lowest BCUT2D eigenvalue weighted by molar-refractivity contribution is -0.138. The van der Waals surface area contributed by atoms with Crippen LogP contribution in [-0.2, 0) is 11.3 Å². The number of carbonyl (C=O) groups excluding carboxylic acids is 1. The Labute approximate surface area is 133 Å². The second-order valence-electron chi connectivity index (χ2n) is 6.62. The molecule has 0 radical (unpaired) electrons. The Morgan fingerprint density at radius 3 is 2.50 bits per heavy atom. The number of piperazine rings is 1. The average Bonchev–Trinajstić information content (AvgIpc) is 3.04. The van der Waals surface area contributed by atoms with Crippen molar-refractivity contribution in [3.63, 3.8) is 0 Å². The molecular weight excluding hydrogens is 274 g/mol. The fraction of sp³-hybridized carbons (Fsp3) is 0.611. The van der Waals surface area contributed by atoms with Gasteiger partial charge in [0, 0.05) is 38.6 Å². The SMILES string of the molecule is NC[C@H]1CCC[C@H]1C(=O)N1CCN(Cc2ccccc2)CC1. The average molecular weight is 301 g/mol. The van der Waals surface area contributed by atoms with E-state index in [0.29, 0.717) is 18.4 Å². The lowest BCUT2D eigenvalue weighted by Gasteiger charge is -2.36. The minimum absolute atomic E-state index is 0.186. The molecule has 0 unspecified atom stereocenters. The molecule has 1 amide bonds. The van der Waals surface area contributed by atoms with Gasteiger partial charge in [-0.3, -0.25) is 9.69 Å². The van der Waals surface area contributed by atoms with Crippen LogP contribution in [0.25, 0.3) is 0 Å². The molecule has 2 N–H and O–H groups in total. The first-order valence-electron chi connectivity index (χ1n) is 8.53. The molecule has 22 heavy (non-hydrogen) atoms. The quantitative estimate of drug-likeness (QED) is 0.921. The van der Waals surface area contributed by atoms with Gasteiger partial charge >= 0.3 is 0 Å². The summed E-state index contributed by atoms with van der Waals surface area (Å²) in [4.78, 5) is 17.2. The lowest BCUT2D eigenvalue weighted by atomic mass is 9.94. The summed E-state index contributed by atoms with van der Waals surface area (Å²) >= 11 is 0. The van der Waals surface area contributed by atoms with Gasteiger partial charge in [-0.2, -0.15) is 0 Å². The van der Waals surface area contributed by atoms with Crippen molar-refractivity contribution in [1.29, 1.82) is 0 Å². The molecule has 3 rings (SSSR count). The van der Waals surface area contributed by atoms with E-state index in [1.807, 2.05) is 0 Å². The monoisotopic (exact) mass is 301 g/mol. The summed E-state index contributed by atoms with van der Waals surface area (Å²) in [6.07, 6.45) is 3.32. The van der Waals surface area contributed by atoms with Crippen molar-refractivity contribution in [3.8, 4) is 0 Å². The number of amides is 1. The Kier molecular flexibility index (Phi) is 5.11. The molecule has 1 saturated carbocycles. The zero-order valence-electron chi connectivity index (χ0n) is 13.3. The van der Waals surface area contributed by atoms with Gasteiger partial charge in [-0.25, -0.2) is 0 Å². The van der Waals surface area contributed by atoms with Crippen molar-refractivity contribution in [2.75, 3.05) is 32.7 Å². The van der Waals surface area contributed by atoms with Crippen LogP contribution in [0.1, 0.15) is 24.8 Å². The summed E-state index contributed by atoms with van der Waals surface area (Å²) in [5.41, 5.74) is 7.17. The van der Waals surface area contributed by atoms with E-state index in [-0.39, 0.29) is 5.92 Å². The van der Waals surface area contributed by atoms with Crippen molar-refractivity contribution in [2.24, 2.45) is 17.6 Å². The van der Waals surface area contributed by atoms with Gasteiger partial charge in [-0.15, -0.1) is 0 Å². The molecule has 1 aliphatic carbocycles. The molecule has 1 saturated heterocycles. The number of hydrogen-bond donors (Lipinski definition) is 1. The molecule has 1 aromatic carbocycles. The minimum atomic E-state index is 0.186. The fourth-order valence-electron chi connectivity index (χ4n) is 3.85. The maximum Gasteiger partial charge on any atom is 0.226 e. The van der Waals surface area contributed by atoms with Crippen LogP contribution >= 0.6 is 0 Å². The minimum Gasteiger partial charge on any atom is -0.340 e.